The molecule has 1 aliphatic rings. The molecule has 1 saturated carbocycles. The first-order valence-corrected chi connectivity index (χ1v) is 6.92. The van der Waals surface area contributed by atoms with Gasteiger partial charge in [-0.25, -0.2) is 0 Å². The number of hydrogen-bond acceptors (Lipinski definition) is 3. The molecule has 0 bridgehead atoms. The molecule has 2 atom stereocenters. The van der Waals surface area contributed by atoms with Crippen molar-refractivity contribution in [3.05, 3.63) is 0 Å². The SMILES string of the molecule is CCC(C)NC(C(=O)OC)C1CCC(C)CC1. The van der Waals surface area contributed by atoms with Crippen LogP contribution in [0.1, 0.15) is 52.9 Å². The Morgan fingerprint density at radius 2 is 1.94 bits per heavy atom. The highest BCUT2D eigenvalue weighted by molar-refractivity contribution is 5.76. The Bertz CT molecular complexity index is 234. The van der Waals surface area contributed by atoms with E-state index < -0.39 is 0 Å². The molecule has 1 aliphatic carbocycles. The van der Waals surface area contributed by atoms with Crippen molar-refractivity contribution in [3.63, 3.8) is 0 Å². The Kier molecular flexibility index (Phi) is 5.96. The zero-order chi connectivity index (χ0) is 12.8. The molecule has 0 amide bonds. The summed E-state index contributed by atoms with van der Waals surface area (Å²) in [5, 5.41) is 3.43. The van der Waals surface area contributed by atoms with Crippen molar-refractivity contribution >= 4 is 5.97 Å². The molecule has 3 nitrogen and oxygen atoms in total. The van der Waals surface area contributed by atoms with Gasteiger partial charge >= 0.3 is 5.97 Å². The maximum Gasteiger partial charge on any atom is 0.323 e. The molecule has 0 aliphatic heterocycles. The Morgan fingerprint density at radius 3 is 2.41 bits per heavy atom. The number of ether oxygens (including phenoxy) is 1. The Morgan fingerprint density at radius 1 is 1.35 bits per heavy atom. The summed E-state index contributed by atoms with van der Waals surface area (Å²) >= 11 is 0. The van der Waals surface area contributed by atoms with Gasteiger partial charge in [0, 0.05) is 6.04 Å². The first kappa shape index (κ1) is 14.5. The van der Waals surface area contributed by atoms with Gasteiger partial charge in [-0.1, -0.05) is 26.7 Å². The van der Waals surface area contributed by atoms with Gasteiger partial charge in [0.05, 0.1) is 7.11 Å². The summed E-state index contributed by atoms with van der Waals surface area (Å²) in [5.41, 5.74) is 0. The maximum absolute atomic E-state index is 11.9. The first-order chi connectivity index (χ1) is 8.08. The van der Waals surface area contributed by atoms with E-state index in [1.54, 1.807) is 0 Å². The fourth-order valence-electron chi connectivity index (χ4n) is 2.57. The van der Waals surface area contributed by atoms with Gasteiger partial charge in [0.1, 0.15) is 6.04 Å². The summed E-state index contributed by atoms with van der Waals surface area (Å²) in [5.74, 6) is 1.17. The van der Waals surface area contributed by atoms with Gasteiger partial charge in [-0.15, -0.1) is 0 Å². The second-order valence-electron chi connectivity index (χ2n) is 5.50. The van der Waals surface area contributed by atoms with Crippen LogP contribution >= 0.6 is 0 Å². The molecule has 17 heavy (non-hydrogen) atoms. The summed E-state index contributed by atoms with van der Waals surface area (Å²) in [4.78, 5) is 11.9. The van der Waals surface area contributed by atoms with Crippen LogP contribution in [0.25, 0.3) is 0 Å². The second-order valence-corrected chi connectivity index (χ2v) is 5.50. The van der Waals surface area contributed by atoms with Crippen LogP contribution in [0.4, 0.5) is 0 Å². The van der Waals surface area contributed by atoms with Crippen LogP contribution in [-0.4, -0.2) is 25.2 Å². The van der Waals surface area contributed by atoms with Gasteiger partial charge in [-0.2, -0.15) is 0 Å². The Balaban J connectivity index is 2.59. The minimum Gasteiger partial charge on any atom is -0.468 e. The van der Waals surface area contributed by atoms with Crippen LogP contribution < -0.4 is 5.32 Å². The average molecular weight is 241 g/mol. The monoisotopic (exact) mass is 241 g/mol. The third kappa shape index (κ3) is 4.30. The van der Waals surface area contributed by atoms with Crippen molar-refractivity contribution in [1.82, 2.24) is 5.32 Å². The summed E-state index contributed by atoms with van der Waals surface area (Å²) in [6, 6.07) is 0.265. The van der Waals surface area contributed by atoms with Crippen LogP contribution in [0.5, 0.6) is 0 Å². The van der Waals surface area contributed by atoms with Gasteiger partial charge in [-0.05, 0) is 38.0 Å². The van der Waals surface area contributed by atoms with Crippen molar-refractivity contribution in [3.8, 4) is 0 Å². The van der Waals surface area contributed by atoms with Crippen LogP contribution in [0.2, 0.25) is 0 Å². The minimum absolute atomic E-state index is 0.0927. The van der Waals surface area contributed by atoms with Gasteiger partial charge in [-0.3, -0.25) is 4.79 Å². The second kappa shape index (κ2) is 7.00. The Hall–Kier alpha value is -0.570. The first-order valence-electron chi connectivity index (χ1n) is 6.92. The molecular formula is C14H27NO2. The molecule has 0 aromatic rings. The zero-order valence-corrected chi connectivity index (χ0v) is 11.7. The molecule has 1 fully saturated rings. The lowest BCUT2D eigenvalue weighted by molar-refractivity contribution is -0.145. The fraction of sp³-hybridized carbons (Fsp3) is 0.929. The number of rotatable bonds is 5. The predicted molar refractivity (Wildman–Crippen MR) is 69.8 cm³/mol. The molecule has 0 heterocycles. The van der Waals surface area contributed by atoms with E-state index in [1.165, 1.54) is 20.0 Å². The molecule has 0 radical (unpaired) electrons. The smallest absolute Gasteiger partial charge is 0.323 e. The molecule has 0 saturated heterocycles. The highest BCUT2D eigenvalue weighted by Gasteiger charge is 2.32. The van der Waals surface area contributed by atoms with Gasteiger partial charge < -0.3 is 10.1 Å². The lowest BCUT2D eigenvalue weighted by atomic mass is 9.79. The van der Waals surface area contributed by atoms with Crippen LogP contribution in [-0.2, 0) is 9.53 Å². The lowest BCUT2D eigenvalue weighted by Crippen LogP contribution is -2.48. The van der Waals surface area contributed by atoms with E-state index in [2.05, 4.69) is 26.1 Å². The number of methoxy groups -OCH3 is 1. The van der Waals surface area contributed by atoms with Crippen molar-refractivity contribution < 1.29 is 9.53 Å². The number of carbonyl (C=O) groups excluding carboxylic acids is 1. The van der Waals surface area contributed by atoms with Crippen molar-refractivity contribution in [2.24, 2.45) is 11.8 Å². The molecule has 1 rings (SSSR count). The molecule has 0 spiro atoms. The molecule has 100 valence electrons. The third-order valence-electron chi connectivity index (χ3n) is 4.06. The van der Waals surface area contributed by atoms with E-state index in [9.17, 15) is 4.79 Å². The highest BCUT2D eigenvalue weighted by Crippen LogP contribution is 2.31. The molecule has 1 N–H and O–H groups in total. The van der Waals surface area contributed by atoms with Crippen molar-refractivity contribution in [2.45, 2.75) is 65.0 Å². The van der Waals surface area contributed by atoms with Crippen molar-refractivity contribution in [1.29, 1.82) is 0 Å². The summed E-state index contributed by atoms with van der Waals surface area (Å²) in [6.45, 7) is 6.56. The van der Waals surface area contributed by atoms with Gasteiger partial charge in [0.2, 0.25) is 0 Å². The highest BCUT2D eigenvalue weighted by atomic mass is 16.5. The third-order valence-corrected chi connectivity index (χ3v) is 4.06. The predicted octanol–water partition coefficient (Wildman–Crippen LogP) is 2.74. The minimum atomic E-state index is -0.109. The van der Waals surface area contributed by atoms with E-state index >= 15 is 0 Å². The topological polar surface area (TPSA) is 38.3 Å². The summed E-state index contributed by atoms with van der Waals surface area (Å²) in [6.07, 6.45) is 5.80. The molecule has 0 aromatic carbocycles. The van der Waals surface area contributed by atoms with Crippen molar-refractivity contribution in [2.75, 3.05) is 7.11 Å². The van der Waals surface area contributed by atoms with Gasteiger partial charge in [0.25, 0.3) is 0 Å². The number of hydrogen-bond donors (Lipinski definition) is 1. The van der Waals surface area contributed by atoms with E-state index in [0.29, 0.717) is 12.0 Å². The summed E-state index contributed by atoms with van der Waals surface area (Å²) < 4.78 is 4.94. The summed E-state index contributed by atoms with van der Waals surface area (Å²) in [7, 11) is 1.49. The van der Waals surface area contributed by atoms with E-state index in [4.69, 9.17) is 4.74 Å². The molecular weight excluding hydrogens is 214 g/mol. The van der Waals surface area contributed by atoms with E-state index in [0.717, 1.165) is 25.2 Å². The van der Waals surface area contributed by atoms with Crippen LogP contribution in [0, 0.1) is 11.8 Å². The zero-order valence-electron chi connectivity index (χ0n) is 11.7. The average Bonchev–Trinajstić information content (AvgIpc) is 2.36. The number of carbonyl (C=O) groups is 1. The Labute approximate surface area is 105 Å². The van der Waals surface area contributed by atoms with E-state index in [-0.39, 0.29) is 12.0 Å². The van der Waals surface area contributed by atoms with E-state index in [1.807, 2.05) is 0 Å². The van der Waals surface area contributed by atoms with Gasteiger partial charge in [0.15, 0.2) is 0 Å². The van der Waals surface area contributed by atoms with Crippen LogP contribution in [0.15, 0.2) is 0 Å². The maximum atomic E-state index is 11.9. The normalized spacial score (nSPS) is 28.5. The molecule has 2 unspecified atom stereocenters. The molecule has 0 aromatic heterocycles. The lowest BCUT2D eigenvalue weighted by Gasteiger charge is -2.33. The van der Waals surface area contributed by atoms with Crippen LogP contribution in [0.3, 0.4) is 0 Å². The standard InChI is InChI=1S/C14H27NO2/c1-5-11(3)15-13(14(16)17-4)12-8-6-10(2)7-9-12/h10-13,15H,5-9H2,1-4H3. The number of nitrogens with one attached hydrogen (secondary N) is 1. The number of esters is 1. The largest absolute Gasteiger partial charge is 0.468 e. The fourth-order valence-corrected chi connectivity index (χ4v) is 2.57. The molecule has 3 heteroatoms. The quantitative estimate of drug-likeness (QED) is 0.752.